The first-order valence-electron chi connectivity index (χ1n) is 8.02. The molecule has 2 aliphatic rings. The minimum absolute atomic E-state index is 0.0560. The van der Waals surface area contributed by atoms with Crippen LogP contribution in [0.5, 0.6) is 0 Å². The maximum Gasteiger partial charge on any atom is 0.231 e. The highest BCUT2D eigenvalue weighted by Crippen LogP contribution is 2.36. The number of piperidine rings is 1. The number of anilines is 1. The fourth-order valence-corrected chi connectivity index (χ4v) is 3.66. The molecule has 3 unspecified atom stereocenters. The molecular formula is C17H21FN2O3. The number of carbonyl (C=O) groups excluding carboxylic acids is 2. The maximum absolute atomic E-state index is 13.4. The Kier molecular flexibility index (Phi) is 4.35. The molecule has 3 rings (SSSR count). The number of nitrogens with zero attached hydrogens (tertiary/aromatic N) is 1. The van der Waals surface area contributed by atoms with Crippen molar-refractivity contribution in [3.63, 3.8) is 0 Å². The molecule has 1 saturated heterocycles. The summed E-state index contributed by atoms with van der Waals surface area (Å²) >= 11 is 0. The van der Waals surface area contributed by atoms with Crippen LogP contribution in [-0.4, -0.2) is 41.0 Å². The van der Waals surface area contributed by atoms with Crippen LogP contribution in [0.2, 0.25) is 0 Å². The molecule has 0 aromatic heterocycles. The van der Waals surface area contributed by atoms with Crippen LogP contribution in [-0.2, 0) is 9.59 Å². The number of halogens is 1. The topological polar surface area (TPSA) is 69.6 Å². The van der Waals surface area contributed by atoms with Crippen molar-refractivity contribution in [2.75, 3.05) is 18.5 Å². The SMILES string of the molecule is CC1CCCN(C(=O)C2CC(=O)Nc3cc(F)ccc32)C1CO. The van der Waals surface area contributed by atoms with E-state index in [9.17, 15) is 19.1 Å². The molecule has 1 fully saturated rings. The zero-order valence-corrected chi connectivity index (χ0v) is 13.1. The molecule has 2 amide bonds. The average molecular weight is 320 g/mol. The van der Waals surface area contributed by atoms with E-state index in [1.165, 1.54) is 12.1 Å². The molecule has 0 radical (unpaired) electrons. The van der Waals surface area contributed by atoms with Gasteiger partial charge in [-0.3, -0.25) is 9.59 Å². The Morgan fingerprint density at radius 1 is 1.48 bits per heavy atom. The molecule has 124 valence electrons. The second kappa shape index (κ2) is 6.28. The summed E-state index contributed by atoms with van der Waals surface area (Å²) in [6.07, 6.45) is 1.92. The summed E-state index contributed by atoms with van der Waals surface area (Å²) in [6.45, 7) is 2.53. The second-order valence-electron chi connectivity index (χ2n) is 6.44. The molecule has 23 heavy (non-hydrogen) atoms. The van der Waals surface area contributed by atoms with Gasteiger partial charge in [0, 0.05) is 18.7 Å². The lowest BCUT2D eigenvalue weighted by atomic mass is 9.85. The van der Waals surface area contributed by atoms with Crippen molar-refractivity contribution >= 4 is 17.5 Å². The van der Waals surface area contributed by atoms with E-state index in [-0.39, 0.29) is 36.8 Å². The number of hydrogen-bond donors (Lipinski definition) is 2. The second-order valence-corrected chi connectivity index (χ2v) is 6.44. The number of aliphatic hydroxyl groups is 1. The Hall–Kier alpha value is -1.95. The molecule has 0 aliphatic carbocycles. The van der Waals surface area contributed by atoms with Gasteiger partial charge in [-0.05, 0) is 36.5 Å². The Morgan fingerprint density at radius 3 is 3.00 bits per heavy atom. The average Bonchev–Trinajstić information content (AvgIpc) is 2.52. The van der Waals surface area contributed by atoms with Crippen LogP contribution in [0, 0.1) is 11.7 Å². The summed E-state index contributed by atoms with van der Waals surface area (Å²) in [5.74, 6) is -1.27. The van der Waals surface area contributed by atoms with E-state index in [2.05, 4.69) is 5.32 Å². The summed E-state index contributed by atoms with van der Waals surface area (Å²) in [5.41, 5.74) is 1.01. The largest absolute Gasteiger partial charge is 0.394 e. The predicted octanol–water partition coefficient (Wildman–Crippen LogP) is 1.87. The van der Waals surface area contributed by atoms with Crippen LogP contribution < -0.4 is 5.32 Å². The van der Waals surface area contributed by atoms with Crippen LogP contribution in [0.3, 0.4) is 0 Å². The molecule has 2 heterocycles. The van der Waals surface area contributed by atoms with E-state index < -0.39 is 11.7 Å². The fraction of sp³-hybridized carbons (Fsp3) is 0.529. The molecule has 0 bridgehead atoms. The van der Waals surface area contributed by atoms with E-state index in [0.29, 0.717) is 17.8 Å². The first-order valence-corrected chi connectivity index (χ1v) is 8.02. The Labute approximate surface area is 134 Å². The number of nitrogens with one attached hydrogen (secondary N) is 1. The summed E-state index contributed by atoms with van der Waals surface area (Å²) in [4.78, 5) is 26.6. The molecule has 1 aromatic carbocycles. The van der Waals surface area contributed by atoms with Crippen molar-refractivity contribution in [1.29, 1.82) is 0 Å². The molecule has 0 saturated carbocycles. The van der Waals surface area contributed by atoms with Gasteiger partial charge in [0.05, 0.1) is 18.6 Å². The monoisotopic (exact) mass is 320 g/mol. The maximum atomic E-state index is 13.4. The third kappa shape index (κ3) is 2.95. The molecule has 6 heteroatoms. The lowest BCUT2D eigenvalue weighted by molar-refractivity contribution is -0.140. The normalized spacial score (nSPS) is 27.3. The summed E-state index contributed by atoms with van der Waals surface area (Å²) in [7, 11) is 0. The first kappa shape index (κ1) is 15.9. The quantitative estimate of drug-likeness (QED) is 0.874. The van der Waals surface area contributed by atoms with Gasteiger partial charge in [-0.2, -0.15) is 0 Å². The number of likely N-dealkylation sites (tertiary alicyclic amines) is 1. The lowest BCUT2D eigenvalue weighted by Gasteiger charge is -2.41. The predicted molar refractivity (Wildman–Crippen MR) is 83.4 cm³/mol. The van der Waals surface area contributed by atoms with E-state index in [1.807, 2.05) is 6.92 Å². The van der Waals surface area contributed by atoms with Crippen LogP contribution >= 0.6 is 0 Å². The molecule has 2 N–H and O–H groups in total. The molecule has 5 nitrogen and oxygen atoms in total. The zero-order valence-electron chi connectivity index (χ0n) is 13.1. The van der Waals surface area contributed by atoms with Gasteiger partial charge in [-0.1, -0.05) is 13.0 Å². The van der Waals surface area contributed by atoms with Gasteiger partial charge in [0.1, 0.15) is 5.82 Å². The molecule has 3 atom stereocenters. The van der Waals surface area contributed by atoms with Crippen LogP contribution in [0.15, 0.2) is 18.2 Å². The highest BCUT2D eigenvalue weighted by molar-refractivity contribution is 6.01. The highest BCUT2D eigenvalue weighted by atomic mass is 19.1. The van der Waals surface area contributed by atoms with Gasteiger partial charge in [-0.15, -0.1) is 0 Å². The molecule has 0 spiro atoms. The summed E-state index contributed by atoms with van der Waals surface area (Å²) in [6, 6.07) is 3.90. The van der Waals surface area contributed by atoms with Gasteiger partial charge in [0.25, 0.3) is 0 Å². The van der Waals surface area contributed by atoms with E-state index in [1.54, 1.807) is 11.0 Å². The Morgan fingerprint density at radius 2 is 2.26 bits per heavy atom. The zero-order chi connectivity index (χ0) is 16.6. The van der Waals surface area contributed by atoms with Crippen LogP contribution in [0.25, 0.3) is 0 Å². The van der Waals surface area contributed by atoms with Gasteiger partial charge >= 0.3 is 0 Å². The van der Waals surface area contributed by atoms with Gasteiger partial charge in [0.15, 0.2) is 0 Å². The molecule has 2 aliphatic heterocycles. The van der Waals surface area contributed by atoms with Crippen LogP contribution in [0.1, 0.15) is 37.7 Å². The number of rotatable bonds is 2. The Bertz CT molecular complexity index is 634. The third-order valence-corrected chi connectivity index (χ3v) is 4.94. The van der Waals surface area contributed by atoms with Gasteiger partial charge in [0.2, 0.25) is 11.8 Å². The Balaban J connectivity index is 1.92. The summed E-state index contributed by atoms with van der Waals surface area (Å²) in [5, 5.41) is 12.3. The van der Waals surface area contributed by atoms with Crippen molar-refractivity contribution < 1.29 is 19.1 Å². The number of carbonyl (C=O) groups is 2. The van der Waals surface area contributed by atoms with E-state index in [4.69, 9.17) is 0 Å². The molecule has 1 aromatic rings. The number of aliphatic hydroxyl groups excluding tert-OH is 1. The lowest BCUT2D eigenvalue weighted by Crippen LogP contribution is -2.51. The third-order valence-electron chi connectivity index (χ3n) is 4.94. The van der Waals surface area contributed by atoms with E-state index >= 15 is 0 Å². The minimum Gasteiger partial charge on any atom is -0.394 e. The van der Waals surface area contributed by atoms with Crippen molar-refractivity contribution in [3.05, 3.63) is 29.6 Å². The van der Waals surface area contributed by atoms with Gasteiger partial charge < -0.3 is 15.3 Å². The number of hydrogen-bond acceptors (Lipinski definition) is 3. The number of amides is 2. The van der Waals surface area contributed by atoms with Gasteiger partial charge in [-0.25, -0.2) is 4.39 Å². The van der Waals surface area contributed by atoms with Crippen molar-refractivity contribution in [2.45, 2.75) is 38.1 Å². The van der Waals surface area contributed by atoms with Crippen molar-refractivity contribution in [1.82, 2.24) is 4.90 Å². The minimum atomic E-state index is -0.612. The molecular weight excluding hydrogens is 299 g/mol. The number of fused-ring (bicyclic) bond motifs is 1. The van der Waals surface area contributed by atoms with E-state index in [0.717, 1.165) is 12.8 Å². The van der Waals surface area contributed by atoms with Crippen LogP contribution in [0.4, 0.5) is 10.1 Å². The standard InChI is InChI=1S/C17H21FN2O3/c1-10-3-2-6-20(15(10)9-21)17(23)13-8-16(22)19-14-7-11(18)4-5-12(13)14/h4-5,7,10,13,15,21H,2-3,6,8-9H2,1H3,(H,19,22). The highest BCUT2D eigenvalue weighted by Gasteiger charge is 2.38. The first-order chi connectivity index (χ1) is 11.0. The number of benzene rings is 1. The van der Waals surface area contributed by atoms with Crippen molar-refractivity contribution in [3.8, 4) is 0 Å². The van der Waals surface area contributed by atoms with Crippen molar-refractivity contribution in [2.24, 2.45) is 5.92 Å². The smallest absolute Gasteiger partial charge is 0.231 e. The fourth-order valence-electron chi connectivity index (χ4n) is 3.66. The summed E-state index contributed by atoms with van der Waals surface area (Å²) < 4.78 is 13.4.